The quantitative estimate of drug-likeness (QED) is 0.788. The van der Waals surface area contributed by atoms with Crippen molar-refractivity contribution < 1.29 is 14.3 Å². The Hall–Kier alpha value is -0.130. The maximum absolute atomic E-state index is 12.2. The van der Waals surface area contributed by atoms with E-state index in [0.29, 0.717) is 6.42 Å². The summed E-state index contributed by atoms with van der Waals surface area (Å²) >= 11 is 3.52. The molecule has 1 saturated carbocycles. The highest BCUT2D eigenvalue weighted by molar-refractivity contribution is 9.09. The third-order valence-electron chi connectivity index (χ3n) is 4.29. The number of alkyl halides is 1. The molecule has 0 atom stereocenters. The molecule has 0 aromatic rings. The maximum Gasteiger partial charge on any atom is 0.223 e. The molecule has 2 rings (SSSR count). The molecule has 0 radical (unpaired) electrons. The van der Waals surface area contributed by atoms with Crippen molar-refractivity contribution >= 4 is 21.8 Å². The van der Waals surface area contributed by atoms with Gasteiger partial charge in [-0.15, -0.1) is 0 Å². The Bertz CT molecular complexity index is 293. The summed E-state index contributed by atoms with van der Waals surface area (Å²) in [5.41, 5.74) is -0.323. The van der Waals surface area contributed by atoms with Gasteiger partial charge in [-0.3, -0.25) is 4.79 Å². The Kier molecular flexibility index (Phi) is 4.67. The van der Waals surface area contributed by atoms with Gasteiger partial charge in [-0.1, -0.05) is 15.9 Å². The van der Waals surface area contributed by atoms with Crippen molar-refractivity contribution in [2.45, 2.75) is 49.7 Å². The number of nitrogens with one attached hydrogen (secondary N) is 1. The van der Waals surface area contributed by atoms with Gasteiger partial charge in [0.2, 0.25) is 5.91 Å². The Morgan fingerprint density at radius 2 is 2.00 bits per heavy atom. The molecule has 18 heavy (non-hydrogen) atoms. The van der Waals surface area contributed by atoms with Crippen LogP contribution in [-0.4, -0.2) is 42.7 Å². The summed E-state index contributed by atoms with van der Waals surface area (Å²) in [6, 6.07) is 0. The Balaban J connectivity index is 1.89. The van der Waals surface area contributed by atoms with Crippen LogP contribution < -0.4 is 5.32 Å². The summed E-state index contributed by atoms with van der Waals surface area (Å²) in [5, 5.41) is 3.98. The van der Waals surface area contributed by atoms with E-state index in [2.05, 4.69) is 21.2 Å². The lowest BCUT2D eigenvalue weighted by atomic mass is 9.77. The van der Waals surface area contributed by atoms with Crippen LogP contribution in [0.1, 0.15) is 38.5 Å². The van der Waals surface area contributed by atoms with Crippen molar-refractivity contribution in [3.63, 3.8) is 0 Å². The Morgan fingerprint density at radius 1 is 1.33 bits per heavy atom. The molecule has 1 amide bonds. The van der Waals surface area contributed by atoms with Crippen molar-refractivity contribution in [2.75, 3.05) is 25.7 Å². The van der Waals surface area contributed by atoms with Crippen LogP contribution in [0.2, 0.25) is 0 Å². The lowest BCUT2D eigenvalue weighted by Crippen LogP contribution is -2.55. The smallest absolute Gasteiger partial charge is 0.223 e. The first kappa shape index (κ1) is 14.3. The molecule has 0 aromatic carbocycles. The van der Waals surface area contributed by atoms with E-state index in [0.717, 1.165) is 44.2 Å². The standard InChI is InChI=1S/C13H22BrNO3/c1-17-13(3-2-4-13)9-11(16)15-12(10-14)5-7-18-8-6-12/h2-10H2,1H3,(H,15,16). The van der Waals surface area contributed by atoms with Gasteiger partial charge in [-0.2, -0.15) is 0 Å². The van der Waals surface area contributed by atoms with Crippen LogP contribution in [-0.2, 0) is 14.3 Å². The van der Waals surface area contributed by atoms with E-state index in [9.17, 15) is 4.79 Å². The van der Waals surface area contributed by atoms with E-state index in [1.165, 1.54) is 6.42 Å². The van der Waals surface area contributed by atoms with E-state index in [1.807, 2.05) is 0 Å². The molecule has 4 nitrogen and oxygen atoms in total. The van der Waals surface area contributed by atoms with Crippen molar-refractivity contribution in [3.8, 4) is 0 Å². The monoisotopic (exact) mass is 319 g/mol. The van der Waals surface area contributed by atoms with Crippen LogP contribution in [0.15, 0.2) is 0 Å². The van der Waals surface area contributed by atoms with Gasteiger partial charge in [0.05, 0.1) is 17.6 Å². The van der Waals surface area contributed by atoms with Crippen molar-refractivity contribution in [3.05, 3.63) is 0 Å². The minimum absolute atomic E-state index is 0.109. The fourth-order valence-corrected chi connectivity index (χ4v) is 3.41. The molecule has 1 aliphatic heterocycles. The third kappa shape index (κ3) is 3.06. The topological polar surface area (TPSA) is 47.6 Å². The van der Waals surface area contributed by atoms with Gasteiger partial charge >= 0.3 is 0 Å². The van der Waals surface area contributed by atoms with Crippen LogP contribution in [0.25, 0.3) is 0 Å². The Labute approximate surface area is 117 Å². The van der Waals surface area contributed by atoms with Gasteiger partial charge in [-0.25, -0.2) is 0 Å². The number of carbonyl (C=O) groups is 1. The number of carbonyl (C=O) groups excluding carboxylic acids is 1. The molecule has 0 bridgehead atoms. The van der Waals surface area contributed by atoms with Crippen LogP contribution in [0, 0.1) is 0 Å². The van der Waals surface area contributed by atoms with Crippen LogP contribution in [0.4, 0.5) is 0 Å². The van der Waals surface area contributed by atoms with Gasteiger partial charge in [0.1, 0.15) is 0 Å². The molecule has 5 heteroatoms. The first-order valence-corrected chi connectivity index (χ1v) is 7.76. The number of halogens is 1. The first-order valence-electron chi connectivity index (χ1n) is 6.64. The second kappa shape index (κ2) is 5.88. The summed E-state index contributed by atoms with van der Waals surface area (Å²) in [5.74, 6) is 0.109. The third-order valence-corrected chi connectivity index (χ3v) is 5.36. The highest BCUT2D eigenvalue weighted by Gasteiger charge is 2.41. The molecule has 1 aliphatic carbocycles. The van der Waals surface area contributed by atoms with E-state index >= 15 is 0 Å². The number of methoxy groups -OCH3 is 1. The second-order valence-electron chi connectivity index (χ2n) is 5.49. The minimum atomic E-state index is -0.192. The summed E-state index contributed by atoms with van der Waals surface area (Å²) in [7, 11) is 1.71. The van der Waals surface area contributed by atoms with Gasteiger partial charge in [0, 0.05) is 25.7 Å². The molecule has 2 aliphatic rings. The molecule has 0 unspecified atom stereocenters. The molecule has 0 aromatic heterocycles. The van der Waals surface area contributed by atoms with Gasteiger partial charge in [0.25, 0.3) is 0 Å². The van der Waals surface area contributed by atoms with Crippen molar-refractivity contribution in [1.82, 2.24) is 5.32 Å². The fourth-order valence-electron chi connectivity index (χ4n) is 2.71. The zero-order valence-electron chi connectivity index (χ0n) is 11.0. The summed E-state index contributed by atoms with van der Waals surface area (Å²) in [6.07, 6.45) is 5.41. The number of amides is 1. The molecule has 104 valence electrons. The minimum Gasteiger partial charge on any atom is -0.381 e. The Morgan fingerprint density at radius 3 is 2.44 bits per heavy atom. The number of hydrogen-bond donors (Lipinski definition) is 1. The van der Waals surface area contributed by atoms with E-state index < -0.39 is 0 Å². The van der Waals surface area contributed by atoms with Crippen molar-refractivity contribution in [2.24, 2.45) is 0 Å². The molecular formula is C13H22BrNO3. The van der Waals surface area contributed by atoms with Gasteiger partial charge in [-0.05, 0) is 32.1 Å². The molecule has 1 N–H and O–H groups in total. The predicted molar refractivity (Wildman–Crippen MR) is 72.9 cm³/mol. The van der Waals surface area contributed by atoms with Crippen LogP contribution in [0.3, 0.4) is 0 Å². The maximum atomic E-state index is 12.2. The lowest BCUT2D eigenvalue weighted by molar-refractivity contribution is -0.136. The highest BCUT2D eigenvalue weighted by atomic mass is 79.9. The molecule has 1 saturated heterocycles. The largest absolute Gasteiger partial charge is 0.381 e. The predicted octanol–water partition coefficient (Wildman–Crippen LogP) is 2.01. The van der Waals surface area contributed by atoms with Crippen LogP contribution >= 0.6 is 15.9 Å². The molecular weight excluding hydrogens is 298 g/mol. The van der Waals surface area contributed by atoms with E-state index in [-0.39, 0.29) is 17.0 Å². The van der Waals surface area contributed by atoms with E-state index in [4.69, 9.17) is 9.47 Å². The molecule has 1 heterocycles. The van der Waals surface area contributed by atoms with E-state index in [1.54, 1.807) is 7.11 Å². The molecule has 0 spiro atoms. The average molecular weight is 320 g/mol. The highest BCUT2D eigenvalue weighted by Crippen LogP contribution is 2.38. The molecule has 2 fully saturated rings. The SMILES string of the molecule is COC1(CC(=O)NC2(CBr)CCOCC2)CCC1. The number of ether oxygens (including phenoxy) is 2. The zero-order chi connectivity index (χ0) is 13.1. The average Bonchev–Trinajstić information content (AvgIpc) is 2.35. The fraction of sp³-hybridized carbons (Fsp3) is 0.923. The first-order chi connectivity index (χ1) is 8.64. The van der Waals surface area contributed by atoms with Crippen molar-refractivity contribution in [1.29, 1.82) is 0 Å². The van der Waals surface area contributed by atoms with Gasteiger partial charge < -0.3 is 14.8 Å². The summed E-state index contributed by atoms with van der Waals surface area (Å²) in [4.78, 5) is 12.2. The number of rotatable bonds is 5. The van der Waals surface area contributed by atoms with Gasteiger partial charge in [0.15, 0.2) is 0 Å². The van der Waals surface area contributed by atoms with Crippen LogP contribution in [0.5, 0.6) is 0 Å². The lowest BCUT2D eigenvalue weighted by Gasteiger charge is -2.42. The normalized spacial score (nSPS) is 25.2. The second-order valence-corrected chi connectivity index (χ2v) is 6.05. The number of hydrogen-bond acceptors (Lipinski definition) is 3. The zero-order valence-corrected chi connectivity index (χ0v) is 12.6. The summed E-state index contributed by atoms with van der Waals surface area (Å²) in [6.45, 7) is 1.45. The summed E-state index contributed by atoms with van der Waals surface area (Å²) < 4.78 is 10.9.